The van der Waals surface area contributed by atoms with Gasteiger partial charge in [0, 0.05) is 5.56 Å². The van der Waals surface area contributed by atoms with Gasteiger partial charge in [-0.2, -0.15) is 5.10 Å². The number of amides is 2. The fourth-order valence-corrected chi connectivity index (χ4v) is 3.30. The highest BCUT2D eigenvalue weighted by atomic mass is 79.9. The van der Waals surface area contributed by atoms with Crippen LogP contribution >= 0.6 is 15.9 Å². The summed E-state index contributed by atoms with van der Waals surface area (Å²) in [6, 6.07) is 8.31. The van der Waals surface area contributed by atoms with Crippen molar-refractivity contribution < 1.29 is 28.5 Å². The summed E-state index contributed by atoms with van der Waals surface area (Å²) >= 11 is 3.48. The largest absolute Gasteiger partial charge is 0.493 e. The van der Waals surface area contributed by atoms with Crippen LogP contribution < -0.4 is 29.7 Å². The molecule has 0 atom stereocenters. The van der Waals surface area contributed by atoms with Crippen molar-refractivity contribution in [2.75, 3.05) is 34.0 Å². The Kier molecular flexibility index (Phi) is 10.5. The van der Waals surface area contributed by atoms with E-state index >= 15 is 0 Å². The zero-order chi connectivity index (χ0) is 24.2. The first kappa shape index (κ1) is 26.0. The van der Waals surface area contributed by atoms with Crippen LogP contribution in [-0.4, -0.2) is 52.0 Å². The number of rotatable bonds is 12. The lowest BCUT2D eigenvalue weighted by molar-refractivity contribution is -0.120. The lowest BCUT2D eigenvalue weighted by Gasteiger charge is -2.14. The molecule has 0 fully saturated rings. The summed E-state index contributed by atoms with van der Waals surface area (Å²) in [4.78, 5) is 24.4. The van der Waals surface area contributed by atoms with Crippen LogP contribution in [0.3, 0.4) is 0 Å². The molecule has 0 aliphatic rings. The second-order valence-electron chi connectivity index (χ2n) is 6.66. The maximum Gasteiger partial charge on any atom is 0.259 e. The molecule has 2 amide bonds. The third kappa shape index (κ3) is 7.67. The fraction of sp³-hybridized carbons (Fsp3) is 0.348. The highest BCUT2D eigenvalue weighted by molar-refractivity contribution is 9.10. The molecule has 0 unspecified atom stereocenters. The number of carbonyl (C=O) groups excluding carboxylic acids is 2. The summed E-state index contributed by atoms with van der Waals surface area (Å²) in [6.07, 6.45) is 2.35. The van der Waals surface area contributed by atoms with E-state index in [0.717, 1.165) is 10.9 Å². The molecule has 0 bridgehead atoms. The molecule has 2 aromatic rings. The number of hydrogen-bond acceptors (Lipinski definition) is 7. The van der Waals surface area contributed by atoms with Gasteiger partial charge in [0.05, 0.1) is 44.7 Å². The first-order chi connectivity index (χ1) is 15.9. The Hall–Kier alpha value is -3.27. The molecule has 0 saturated carbocycles. The first-order valence-electron chi connectivity index (χ1n) is 10.3. The highest BCUT2D eigenvalue weighted by Gasteiger charge is 2.13. The molecule has 0 aromatic heterocycles. The monoisotopic (exact) mass is 521 g/mol. The number of carbonyl (C=O) groups is 2. The third-order valence-electron chi connectivity index (χ3n) is 4.24. The molecule has 10 heteroatoms. The van der Waals surface area contributed by atoms with Gasteiger partial charge in [-0.15, -0.1) is 0 Å². The Bertz CT molecular complexity index is 996. The Morgan fingerprint density at radius 3 is 2.45 bits per heavy atom. The lowest BCUT2D eigenvalue weighted by Crippen LogP contribution is -2.34. The van der Waals surface area contributed by atoms with Crippen LogP contribution in [0, 0.1) is 0 Å². The summed E-state index contributed by atoms with van der Waals surface area (Å²) in [7, 11) is 2.99. The molecule has 0 heterocycles. The molecule has 0 aliphatic heterocycles. The summed E-state index contributed by atoms with van der Waals surface area (Å²) in [5, 5.41) is 6.48. The van der Waals surface area contributed by atoms with Crippen molar-refractivity contribution in [1.82, 2.24) is 10.7 Å². The van der Waals surface area contributed by atoms with Gasteiger partial charge in [-0.3, -0.25) is 9.59 Å². The molecule has 178 valence electrons. The Morgan fingerprint density at radius 2 is 1.79 bits per heavy atom. The second kappa shape index (κ2) is 13.3. The smallest absolute Gasteiger partial charge is 0.259 e. The van der Waals surface area contributed by atoms with E-state index in [-0.39, 0.29) is 6.54 Å². The summed E-state index contributed by atoms with van der Waals surface area (Å²) in [6.45, 7) is 4.70. The van der Waals surface area contributed by atoms with Crippen molar-refractivity contribution in [1.29, 1.82) is 0 Å². The van der Waals surface area contributed by atoms with Crippen molar-refractivity contribution in [2.45, 2.75) is 20.3 Å². The third-order valence-corrected chi connectivity index (χ3v) is 4.83. The van der Waals surface area contributed by atoms with E-state index in [4.69, 9.17) is 18.9 Å². The van der Waals surface area contributed by atoms with Crippen molar-refractivity contribution in [3.63, 3.8) is 0 Å². The molecule has 0 aliphatic carbocycles. The van der Waals surface area contributed by atoms with E-state index < -0.39 is 11.8 Å². The number of methoxy groups -OCH3 is 2. The first-order valence-corrected chi connectivity index (χ1v) is 11.1. The minimum Gasteiger partial charge on any atom is -0.493 e. The molecule has 2 rings (SSSR count). The van der Waals surface area contributed by atoms with Gasteiger partial charge in [0.1, 0.15) is 0 Å². The van der Waals surface area contributed by atoms with Crippen LogP contribution in [0.25, 0.3) is 0 Å². The number of benzene rings is 2. The summed E-state index contributed by atoms with van der Waals surface area (Å²) < 4.78 is 22.4. The highest BCUT2D eigenvalue weighted by Crippen LogP contribution is 2.36. The zero-order valence-corrected chi connectivity index (χ0v) is 20.7. The number of halogens is 1. The standard InChI is InChI=1S/C23H28BrN3O6/c1-5-9-33-22-17(24)10-15(11-20(22)32-6-2)13-26-27-21(28)14-25-23(29)16-7-8-18(30-3)19(12-16)31-4/h7-8,10-13H,5-6,9,14H2,1-4H3,(H,25,29)(H,27,28)/b26-13+. The lowest BCUT2D eigenvalue weighted by atomic mass is 10.2. The molecule has 33 heavy (non-hydrogen) atoms. The van der Waals surface area contributed by atoms with E-state index in [0.29, 0.717) is 47.3 Å². The molecular weight excluding hydrogens is 494 g/mol. The second-order valence-corrected chi connectivity index (χ2v) is 7.51. The van der Waals surface area contributed by atoms with Crippen molar-refractivity contribution in [3.05, 3.63) is 45.9 Å². The molecule has 2 N–H and O–H groups in total. The number of nitrogens with one attached hydrogen (secondary N) is 2. The predicted octanol–water partition coefficient (Wildman–Crippen LogP) is 3.53. The van der Waals surface area contributed by atoms with Gasteiger partial charge in [0.25, 0.3) is 11.8 Å². The maximum absolute atomic E-state index is 12.3. The molecular formula is C23H28BrN3O6. The van der Waals surface area contributed by atoms with Gasteiger partial charge in [-0.1, -0.05) is 6.92 Å². The normalized spacial score (nSPS) is 10.6. The SMILES string of the molecule is CCCOc1c(Br)cc(/C=N/NC(=O)CNC(=O)c2ccc(OC)c(OC)c2)cc1OCC. The van der Waals surface area contributed by atoms with Crippen LogP contribution in [-0.2, 0) is 4.79 Å². The van der Waals surface area contributed by atoms with Crippen LogP contribution in [0.15, 0.2) is 39.9 Å². The average Bonchev–Trinajstić information content (AvgIpc) is 2.81. The van der Waals surface area contributed by atoms with Crippen LogP contribution in [0.5, 0.6) is 23.0 Å². The van der Waals surface area contributed by atoms with Crippen LogP contribution in [0.4, 0.5) is 0 Å². The molecule has 0 radical (unpaired) electrons. The van der Waals surface area contributed by atoms with Gasteiger partial charge >= 0.3 is 0 Å². The zero-order valence-electron chi connectivity index (χ0n) is 19.1. The fourth-order valence-electron chi connectivity index (χ4n) is 2.73. The van der Waals surface area contributed by atoms with Crippen LogP contribution in [0.2, 0.25) is 0 Å². The topological polar surface area (TPSA) is 107 Å². The van der Waals surface area contributed by atoms with Crippen molar-refractivity contribution >= 4 is 34.0 Å². The van der Waals surface area contributed by atoms with Crippen molar-refractivity contribution in [2.24, 2.45) is 5.10 Å². The van der Waals surface area contributed by atoms with Gasteiger partial charge in [-0.05, 0) is 65.2 Å². The summed E-state index contributed by atoms with van der Waals surface area (Å²) in [5.74, 6) is 1.22. The predicted molar refractivity (Wildman–Crippen MR) is 129 cm³/mol. The molecule has 0 saturated heterocycles. The van der Waals surface area contributed by atoms with Crippen LogP contribution in [0.1, 0.15) is 36.2 Å². The van der Waals surface area contributed by atoms with Gasteiger partial charge < -0.3 is 24.3 Å². The average molecular weight is 522 g/mol. The van der Waals surface area contributed by atoms with E-state index in [2.05, 4.69) is 31.8 Å². The number of hydrazone groups is 1. The Morgan fingerprint density at radius 1 is 1.03 bits per heavy atom. The Balaban J connectivity index is 1.95. The Labute approximate surface area is 201 Å². The van der Waals surface area contributed by atoms with Crippen molar-refractivity contribution in [3.8, 4) is 23.0 Å². The number of hydrogen-bond donors (Lipinski definition) is 2. The number of ether oxygens (including phenoxy) is 4. The molecule has 9 nitrogen and oxygen atoms in total. The molecule has 0 spiro atoms. The minimum absolute atomic E-state index is 0.248. The number of nitrogens with zero attached hydrogens (tertiary/aromatic N) is 1. The van der Waals surface area contributed by atoms with E-state index in [9.17, 15) is 9.59 Å². The minimum atomic E-state index is -0.480. The van der Waals surface area contributed by atoms with E-state index in [1.165, 1.54) is 26.5 Å². The maximum atomic E-state index is 12.3. The van der Waals surface area contributed by atoms with E-state index in [1.54, 1.807) is 18.2 Å². The molecule has 2 aromatic carbocycles. The quantitative estimate of drug-likeness (QED) is 0.326. The van der Waals surface area contributed by atoms with E-state index in [1.807, 2.05) is 19.9 Å². The van der Waals surface area contributed by atoms with Gasteiger partial charge in [0.15, 0.2) is 23.0 Å². The van der Waals surface area contributed by atoms with Gasteiger partial charge in [0.2, 0.25) is 0 Å². The summed E-state index contributed by atoms with van der Waals surface area (Å²) in [5.41, 5.74) is 3.42. The van der Waals surface area contributed by atoms with Gasteiger partial charge in [-0.25, -0.2) is 5.43 Å².